The van der Waals surface area contributed by atoms with E-state index in [-0.39, 0.29) is 12.2 Å². The highest BCUT2D eigenvalue weighted by molar-refractivity contribution is 7.18. The molecule has 35 heavy (non-hydrogen) atoms. The van der Waals surface area contributed by atoms with Crippen molar-refractivity contribution in [1.82, 2.24) is 14.9 Å². The predicted octanol–water partition coefficient (Wildman–Crippen LogP) is 5.01. The van der Waals surface area contributed by atoms with Crippen molar-refractivity contribution in [1.29, 1.82) is 0 Å². The van der Waals surface area contributed by atoms with Crippen LogP contribution in [0.25, 0.3) is 10.2 Å². The molecule has 11 heteroatoms. The minimum atomic E-state index is -4.46. The highest BCUT2D eigenvalue weighted by Gasteiger charge is 2.35. The number of aliphatic hydroxyl groups is 1. The Bertz CT molecular complexity index is 1160. The van der Waals surface area contributed by atoms with Crippen LogP contribution in [0.2, 0.25) is 0 Å². The maximum Gasteiger partial charge on any atom is 0.416 e. The molecule has 0 saturated heterocycles. The van der Waals surface area contributed by atoms with E-state index >= 15 is 0 Å². The zero-order chi connectivity index (χ0) is 25.8. The Labute approximate surface area is 206 Å². The summed E-state index contributed by atoms with van der Waals surface area (Å²) < 4.78 is 39.1. The first-order valence-corrected chi connectivity index (χ1v) is 12.0. The lowest BCUT2D eigenvalue weighted by Gasteiger charge is -2.34. The Kier molecular flexibility index (Phi) is 8.22. The predicted molar refractivity (Wildman–Crippen MR) is 132 cm³/mol. The molecule has 3 aromatic rings. The van der Waals surface area contributed by atoms with Crippen LogP contribution in [-0.2, 0) is 23.1 Å². The number of nitrogens with two attached hydrogens (primary N) is 1. The molecule has 0 spiro atoms. The lowest BCUT2D eigenvalue weighted by atomic mass is 9.79. The number of halogens is 3. The lowest BCUT2D eigenvalue weighted by Crippen LogP contribution is -2.29. The Morgan fingerprint density at radius 2 is 1.89 bits per heavy atom. The number of benzene rings is 1. The zero-order valence-electron chi connectivity index (χ0n) is 19.9. The van der Waals surface area contributed by atoms with Gasteiger partial charge in [0.1, 0.15) is 17.0 Å². The van der Waals surface area contributed by atoms with Crippen LogP contribution in [-0.4, -0.2) is 40.5 Å². The number of nitrogen functional groups attached to an aromatic ring is 1. The van der Waals surface area contributed by atoms with Crippen molar-refractivity contribution < 1.29 is 23.1 Å². The SMILES string of the molecule is CC1CCC(O)(c2cc3c(NCc4cc(N)cc(C(F)(F)F)c4)ncnc3s2)CC1.CN(C)C=O. The summed E-state index contributed by atoms with van der Waals surface area (Å²) in [7, 11) is 3.38. The third-order valence-electron chi connectivity index (χ3n) is 5.90. The number of thiophene rings is 1. The van der Waals surface area contributed by atoms with Crippen LogP contribution in [0.15, 0.2) is 30.6 Å². The van der Waals surface area contributed by atoms with E-state index in [9.17, 15) is 23.1 Å². The molecule has 1 fully saturated rings. The standard InChI is InChI=1S/C21H23F3N4OS.C3H7NO/c1-12-2-4-20(29,5-3-12)17-9-16-18(27-11-28-19(16)30-17)26-10-13-6-14(21(22,23)24)8-15(25)7-13;1-4(2)3-5/h6-9,11-12,29H,2-5,10,25H2,1H3,(H,26,27,28);3H,1-2H3. The monoisotopic (exact) mass is 509 g/mol. The summed E-state index contributed by atoms with van der Waals surface area (Å²) in [6.45, 7) is 2.33. The molecule has 0 unspecified atom stereocenters. The number of aromatic nitrogens is 2. The average molecular weight is 510 g/mol. The van der Waals surface area contributed by atoms with E-state index in [1.165, 1.54) is 28.6 Å². The first-order chi connectivity index (χ1) is 16.4. The molecule has 1 aliphatic carbocycles. The molecule has 1 saturated carbocycles. The quantitative estimate of drug-likeness (QED) is 0.330. The van der Waals surface area contributed by atoms with Gasteiger partial charge in [-0.1, -0.05) is 6.92 Å². The van der Waals surface area contributed by atoms with Crippen molar-refractivity contribution in [3.05, 3.63) is 46.6 Å². The molecule has 7 nitrogen and oxygen atoms in total. The van der Waals surface area contributed by atoms with Gasteiger partial charge < -0.3 is 21.1 Å². The summed E-state index contributed by atoms with van der Waals surface area (Å²) in [6, 6.07) is 5.40. The normalized spacial score (nSPS) is 20.1. The fraction of sp³-hybridized carbons (Fsp3) is 0.458. The molecule has 1 aromatic carbocycles. The molecule has 1 amide bonds. The van der Waals surface area contributed by atoms with E-state index in [2.05, 4.69) is 22.2 Å². The van der Waals surface area contributed by atoms with Crippen LogP contribution < -0.4 is 11.1 Å². The van der Waals surface area contributed by atoms with E-state index < -0.39 is 17.3 Å². The number of hydrogen-bond acceptors (Lipinski definition) is 7. The van der Waals surface area contributed by atoms with E-state index in [0.717, 1.165) is 46.5 Å². The fourth-order valence-corrected chi connectivity index (χ4v) is 5.03. The van der Waals surface area contributed by atoms with Gasteiger partial charge in [0, 0.05) is 31.2 Å². The summed E-state index contributed by atoms with van der Waals surface area (Å²) in [5, 5.41) is 15.0. The van der Waals surface area contributed by atoms with Crippen LogP contribution >= 0.6 is 11.3 Å². The van der Waals surface area contributed by atoms with Crippen LogP contribution in [0.3, 0.4) is 0 Å². The highest BCUT2D eigenvalue weighted by atomic mass is 32.1. The number of carbonyl (C=O) groups is 1. The molecule has 0 atom stereocenters. The van der Waals surface area contributed by atoms with Crippen molar-refractivity contribution in [3.8, 4) is 0 Å². The van der Waals surface area contributed by atoms with Gasteiger partial charge in [0.2, 0.25) is 6.41 Å². The first kappa shape index (κ1) is 26.7. The Morgan fingerprint density at radius 3 is 2.49 bits per heavy atom. The molecule has 2 aromatic heterocycles. The maximum absolute atomic E-state index is 13.0. The topological polar surface area (TPSA) is 104 Å². The second-order valence-electron chi connectivity index (χ2n) is 9.15. The molecule has 2 heterocycles. The third-order valence-corrected chi connectivity index (χ3v) is 7.14. The molecule has 0 aliphatic heterocycles. The Balaban J connectivity index is 0.000000623. The van der Waals surface area contributed by atoms with E-state index in [1.54, 1.807) is 14.1 Å². The van der Waals surface area contributed by atoms with Crippen LogP contribution in [0.4, 0.5) is 24.7 Å². The second kappa shape index (κ2) is 10.8. The third kappa shape index (κ3) is 6.82. The summed E-state index contributed by atoms with van der Waals surface area (Å²) in [5.74, 6) is 1.13. The van der Waals surface area contributed by atoms with Gasteiger partial charge in [-0.15, -0.1) is 11.3 Å². The molecular weight excluding hydrogens is 479 g/mol. The van der Waals surface area contributed by atoms with Crippen molar-refractivity contribution >= 4 is 39.5 Å². The van der Waals surface area contributed by atoms with Gasteiger partial charge in [0.25, 0.3) is 0 Å². The van der Waals surface area contributed by atoms with Gasteiger partial charge in [-0.25, -0.2) is 9.97 Å². The zero-order valence-corrected chi connectivity index (χ0v) is 20.7. The second-order valence-corrected chi connectivity index (χ2v) is 10.2. The van der Waals surface area contributed by atoms with E-state index in [0.29, 0.717) is 30.1 Å². The van der Waals surface area contributed by atoms with Crippen molar-refractivity contribution in [2.75, 3.05) is 25.1 Å². The lowest BCUT2D eigenvalue weighted by molar-refractivity contribution is -0.137. The summed E-state index contributed by atoms with van der Waals surface area (Å²) in [5.41, 5.74) is 4.47. The summed E-state index contributed by atoms with van der Waals surface area (Å²) in [4.78, 5) is 21.0. The number of amides is 1. The van der Waals surface area contributed by atoms with Crippen molar-refractivity contribution in [3.63, 3.8) is 0 Å². The molecule has 4 N–H and O–H groups in total. The molecule has 4 rings (SSSR count). The largest absolute Gasteiger partial charge is 0.416 e. The average Bonchev–Trinajstić information content (AvgIpc) is 3.25. The van der Waals surface area contributed by atoms with Crippen molar-refractivity contribution in [2.45, 2.75) is 50.9 Å². The minimum absolute atomic E-state index is 0.0565. The number of nitrogens with one attached hydrogen (secondary N) is 1. The number of carbonyl (C=O) groups excluding carboxylic acids is 1. The number of rotatable bonds is 5. The number of fused-ring (bicyclic) bond motifs is 1. The Morgan fingerprint density at radius 1 is 1.23 bits per heavy atom. The van der Waals surface area contributed by atoms with E-state index in [1.807, 2.05) is 6.07 Å². The fourth-order valence-electron chi connectivity index (χ4n) is 3.88. The molecule has 0 bridgehead atoms. The van der Waals surface area contributed by atoms with Gasteiger partial charge in [0.05, 0.1) is 16.6 Å². The molecular formula is C24H30F3N5O2S. The van der Waals surface area contributed by atoms with Crippen LogP contribution in [0, 0.1) is 5.92 Å². The highest BCUT2D eigenvalue weighted by Crippen LogP contribution is 2.44. The Hall–Kier alpha value is -2.92. The number of nitrogens with zero attached hydrogens (tertiary/aromatic N) is 3. The van der Waals surface area contributed by atoms with Gasteiger partial charge >= 0.3 is 6.18 Å². The van der Waals surface area contributed by atoms with Gasteiger partial charge in [0.15, 0.2) is 0 Å². The maximum atomic E-state index is 13.0. The van der Waals surface area contributed by atoms with E-state index in [4.69, 9.17) is 5.73 Å². The smallest absolute Gasteiger partial charge is 0.399 e. The van der Waals surface area contributed by atoms with Gasteiger partial charge in [-0.05, 0) is 61.4 Å². The molecule has 0 radical (unpaired) electrons. The summed E-state index contributed by atoms with van der Waals surface area (Å²) in [6.07, 6.45) is 1.07. The van der Waals surface area contributed by atoms with Gasteiger partial charge in [-0.2, -0.15) is 13.2 Å². The summed E-state index contributed by atoms with van der Waals surface area (Å²) >= 11 is 1.44. The van der Waals surface area contributed by atoms with Crippen LogP contribution in [0.5, 0.6) is 0 Å². The van der Waals surface area contributed by atoms with Crippen molar-refractivity contribution in [2.24, 2.45) is 5.92 Å². The number of hydrogen-bond donors (Lipinski definition) is 3. The molecule has 190 valence electrons. The molecule has 1 aliphatic rings. The van der Waals surface area contributed by atoms with Gasteiger partial charge in [-0.3, -0.25) is 4.79 Å². The van der Waals surface area contributed by atoms with Crippen LogP contribution in [0.1, 0.15) is 48.6 Å². The first-order valence-electron chi connectivity index (χ1n) is 11.2. The minimum Gasteiger partial charge on any atom is -0.399 e. The number of alkyl halides is 3. The number of anilines is 2.